The Morgan fingerprint density at radius 2 is 1.83 bits per heavy atom. The summed E-state index contributed by atoms with van der Waals surface area (Å²) >= 11 is 6.10. The number of carbonyl (C=O) groups is 1. The van der Waals surface area contributed by atoms with E-state index in [1.54, 1.807) is 49.4 Å². The maximum Gasteiger partial charge on any atom is 0.294 e. The smallest absolute Gasteiger partial charge is 0.294 e. The molecular weight excluding hydrogens is 316 g/mol. The molecule has 3 aromatic rings. The van der Waals surface area contributed by atoms with Gasteiger partial charge in [0.15, 0.2) is 5.75 Å². The summed E-state index contributed by atoms with van der Waals surface area (Å²) < 4.78 is 10.7. The third-order valence-corrected chi connectivity index (χ3v) is 3.36. The number of para-hydroxylation sites is 3. The molecule has 0 saturated carbocycles. The van der Waals surface area contributed by atoms with Crippen molar-refractivity contribution in [3.8, 4) is 11.5 Å². The molecule has 1 N–H and O–H groups in total. The molecule has 0 aliphatic heterocycles. The quantitative estimate of drug-likeness (QED) is 0.755. The lowest BCUT2D eigenvalue weighted by atomic mass is 10.2. The van der Waals surface area contributed by atoms with Crippen molar-refractivity contribution in [1.29, 1.82) is 0 Å². The summed E-state index contributed by atoms with van der Waals surface area (Å²) in [5, 5.41) is 6.92. The van der Waals surface area contributed by atoms with Gasteiger partial charge in [-0.1, -0.05) is 41.0 Å². The second kappa shape index (κ2) is 6.54. The fourth-order valence-corrected chi connectivity index (χ4v) is 2.13. The van der Waals surface area contributed by atoms with E-state index in [0.717, 1.165) is 0 Å². The molecule has 0 unspecified atom stereocenters. The maximum absolute atomic E-state index is 12.2. The molecule has 1 heterocycles. The average molecular weight is 329 g/mol. The number of amides is 1. The molecule has 0 atom stereocenters. The number of hydrogen-bond donors (Lipinski definition) is 1. The Balaban J connectivity index is 1.83. The first-order valence-electron chi connectivity index (χ1n) is 6.89. The van der Waals surface area contributed by atoms with Crippen LogP contribution in [0.5, 0.6) is 11.5 Å². The number of halogens is 1. The van der Waals surface area contributed by atoms with Gasteiger partial charge in [0.25, 0.3) is 5.91 Å². The van der Waals surface area contributed by atoms with Crippen LogP contribution in [0, 0.1) is 6.92 Å². The monoisotopic (exact) mass is 328 g/mol. The number of nitrogens with one attached hydrogen (secondary N) is 1. The van der Waals surface area contributed by atoms with Gasteiger partial charge in [0, 0.05) is 6.07 Å². The van der Waals surface area contributed by atoms with Gasteiger partial charge in [0.05, 0.1) is 16.4 Å². The van der Waals surface area contributed by atoms with E-state index >= 15 is 0 Å². The van der Waals surface area contributed by atoms with E-state index in [1.807, 2.05) is 12.1 Å². The Hall–Kier alpha value is -2.79. The maximum atomic E-state index is 12.2. The van der Waals surface area contributed by atoms with Crippen LogP contribution in [-0.2, 0) is 0 Å². The van der Waals surface area contributed by atoms with Crippen LogP contribution in [0.4, 0.5) is 5.69 Å². The Morgan fingerprint density at radius 1 is 1.13 bits per heavy atom. The van der Waals surface area contributed by atoms with Crippen LogP contribution in [0.25, 0.3) is 0 Å². The summed E-state index contributed by atoms with van der Waals surface area (Å²) in [7, 11) is 0. The minimum Gasteiger partial charge on any atom is -0.454 e. The van der Waals surface area contributed by atoms with Crippen molar-refractivity contribution in [3.63, 3.8) is 0 Å². The van der Waals surface area contributed by atoms with Gasteiger partial charge in [-0.15, -0.1) is 0 Å². The number of carbonyl (C=O) groups excluding carboxylic acids is 1. The molecule has 6 heteroatoms. The van der Waals surface area contributed by atoms with Gasteiger partial charge in [0.1, 0.15) is 5.75 Å². The van der Waals surface area contributed by atoms with E-state index in [9.17, 15) is 4.79 Å². The summed E-state index contributed by atoms with van der Waals surface area (Å²) in [4.78, 5) is 12.2. The van der Waals surface area contributed by atoms with Gasteiger partial charge < -0.3 is 14.6 Å². The van der Waals surface area contributed by atoms with E-state index < -0.39 is 5.91 Å². The van der Waals surface area contributed by atoms with E-state index in [-0.39, 0.29) is 5.76 Å². The SMILES string of the molecule is Cc1cc(C(=O)Nc2ccccc2Oc2ccccc2Cl)on1. The summed E-state index contributed by atoms with van der Waals surface area (Å²) in [6.07, 6.45) is 0. The van der Waals surface area contributed by atoms with Gasteiger partial charge in [-0.05, 0) is 31.2 Å². The molecule has 2 aromatic carbocycles. The fraction of sp³-hybridized carbons (Fsp3) is 0.0588. The molecule has 0 bridgehead atoms. The van der Waals surface area contributed by atoms with E-state index in [1.165, 1.54) is 0 Å². The summed E-state index contributed by atoms with van der Waals surface area (Å²) in [5.74, 6) is 0.715. The van der Waals surface area contributed by atoms with Gasteiger partial charge in [0.2, 0.25) is 5.76 Å². The zero-order chi connectivity index (χ0) is 16.2. The third-order valence-electron chi connectivity index (χ3n) is 3.04. The highest BCUT2D eigenvalue weighted by Gasteiger charge is 2.14. The predicted molar refractivity (Wildman–Crippen MR) is 87.2 cm³/mol. The summed E-state index contributed by atoms with van der Waals surface area (Å²) in [6.45, 7) is 1.74. The highest BCUT2D eigenvalue weighted by molar-refractivity contribution is 6.32. The van der Waals surface area contributed by atoms with Crippen LogP contribution in [0.15, 0.2) is 59.1 Å². The van der Waals surface area contributed by atoms with Gasteiger partial charge in [-0.3, -0.25) is 4.79 Å². The van der Waals surface area contributed by atoms with Crippen molar-refractivity contribution >= 4 is 23.2 Å². The highest BCUT2D eigenvalue weighted by atomic mass is 35.5. The number of anilines is 1. The van der Waals surface area contributed by atoms with Crippen LogP contribution in [0.1, 0.15) is 16.2 Å². The lowest BCUT2D eigenvalue weighted by Gasteiger charge is -2.12. The number of hydrogen-bond acceptors (Lipinski definition) is 4. The molecule has 0 spiro atoms. The lowest BCUT2D eigenvalue weighted by molar-refractivity contribution is 0.0987. The van der Waals surface area contributed by atoms with Gasteiger partial charge in [-0.2, -0.15) is 0 Å². The number of aryl methyl sites for hydroxylation is 1. The van der Waals surface area contributed by atoms with Gasteiger partial charge in [-0.25, -0.2) is 0 Å². The first-order valence-corrected chi connectivity index (χ1v) is 7.27. The fourth-order valence-electron chi connectivity index (χ4n) is 1.96. The first-order chi connectivity index (χ1) is 11.1. The minimum atomic E-state index is -0.402. The van der Waals surface area contributed by atoms with Crippen molar-refractivity contribution in [2.45, 2.75) is 6.92 Å². The average Bonchev–Trinajstić information content (AvgIpc) is 2.98. The normalized spacial score (nSPS) is 10.3. The van der Waals surface area contributed by atoms with Crippen molar-refractivity contribution in [1.82, 2.24) is 5.16 Å². The Labute approximate surface area is 137 Å². The van der Waals surface area contributed by atoms with Crippen LogP contribution >= 0.6 is 11.6 Å². The third kappa shape index (κ3) is 3.52. The van der Waals surface area contributed by atoms with Crippen LogP contribution in [-0.4, -0.2) is 11.1 Å². The van der Waals surface area contributed by atoms with Crippen LogP contribution in [0.3, 0.4) is 0 Å². The molecule has 3 rings (SSSR count). The largest absolute Gasteiger partial charge is 0.454 e. The molecule has 23 heavy (non-hydrogen) atoms. The molecule has 1 aromatic heterocycles. The van der Waals surface area contributed by atoms with Crippen LogP contribution < -0.4 is 10.1 Å². The van der Waals surface area contributed by atoms with E-state index in [4.69, 9.17) is 20.9 Å². The molecule has 116 valence electrons. The van der Waals surface area contributed by atoms with Crippen molar-refractivity contribution < 1.29 is 14.1 Å². The number of rotatable bonds is 4. The predicted octanol–water partition coefficient (Wildman–Crippen LogP) is 4.68. The number of nitrogens with zero attached hydrogens (tertiary/aromatic N) is 1. The van der Waals surface area contributed by atoms with E-state index in [0.29, 0.717) is 27.9 Å². The number of benzene rings is 2. The zero-order valence-electron chi connectivity index (χ0n) is 12.2. The molecule has 0 aliphatic rings. The number of aromatic nitrogens is 1. The number of ether oxygens (including phenoxy) is 1. The molecule has 0 radical (unpaired) electrons. The molecular formula is C17H13ClN2O3. The zero-order valence-corrected chi connectivity index (χ0v) is 13.0. The molecule has 0 aliphatic carbocycles. The van der Waals surface area contributed by atoms with Gasteiger partial charge >= 0.3 is 0 Å². The molecule has 5 nitrogen and oxygen atoms in total. The molecule has 0 saturated heterocycles. The first kappa shape index (κ1) is 15.1. The Morgan fingerprint density at radius 3 is 2.52 bits per heavy atom. The topological polar surface area (TPSA) is 64.4 Å². The lowest BCUT2D eigenvalue weighted by Crippen LogP contribution is -2.11. The second-order valence-corrected chi connectivity index (χ2v) is 5.22. The highest BCUT2D eigenvalue weighted by Crippen LogP contribution is 2.33. The minimum absolute atomic E-state index is 0.134. The summed E-state index contributed by atoms with van der Waals surface area (Å²) in [5.41, 5.74) is 1.14. The van der Waals surface area contributed by atoms with Crippen molar-refractivity contribution in [3.05, 3.63) is 71.1 Å². The molecule has 1 amide bonds. The summed E-state index contributed by atoms with van der Waals surface area (Å²) in [6, 6.07) is 15.7. The molecule has 0 fully saturated rings. The van der Waals surface area contributed by atoms with E-state index in [2.05, 4.69) is 10.5 Å². The van der Waals surface area contributed by atoms with Crippen LogP contribution in [0.2, 0.25) is 5.02 Å². The standard InChI is InChI=1S/C17H13ClN2O3/c1-11-10-16(23-20-11)17(21)19-13-7-3-5-9-15(13)22-14-8-4-2-6-12(14)18/h2-10H,1H3,(H,19,21). The Kier molecular flexibility index (Phi) is 4.30. The van der Waals surface area contributed by atoms with Crippen molar-refractivity contribution in [2.24, 2.45) is 0 Å². The second-order valence-electron chi connectivity index (χ2n) is 4.82. The Bertz CT molecular complexity index is 845. The van der Waals surface area contributed by atoms with Crippen molar-refractivity contribution in [2.75, 3.05) is 5.32 Å².